The van der Waals surface area contributed by atoms with Crippen LogP contribution in [-0.2, 0) is 6.54 Å². The van der Waals surface area contributed by atoms with E-state index in [2.05, 4.69) is 22.5 Å². The number of hydrogen-bond acceptors (Lipinski definition) is 3. The van der Waals surface area contributed by atoms with Crippen molar-refractivity contribution in [3.8, 4) is 6.07 Å². The van der Waals surface area contributed by atoms with E-state index < -0.39 is 0 Å². The van der Waals surface area contributed by atoms with Gasteiger partial charge in [0.15, 0.2) is 0 Å². The van der Waals surface area contributed by atoms with Crippen molar-refractivity contribution in [2.45, 2.75) is 45.6 Å². The number of fused-ring (bicyclic) bond motifs is 1. The summed E-state index contributed by atoms with van der Waals surface area (Å²) < 4.78 is 2.10. The van der Waals surface area contributed by atoms with Crippen molar-refractivity contribution in [2.75, 3.05) is 5.73 Å². The van der Waals surface area contributed by atoms with Crippen LogP contribution in [0.25, 0.3) is 11.0 Å². The number of nitriles is 1. The van der Waals surface area contributed by atoms with Crippen molar-refractivity contribution < 1.29 is 0 Å². The molecule has 3 rings (SSSR count). The van der Waals surface area contributed by atoms with Crippen LogP contribution < -0.4 is 5.73 Å². The molecule has 2 aromatic rings. The lowest BCUT2D eigenvalue weighted by atomic mass is 9.83. The number of nitrogens with zero attached hydrogens (tertiary/aromatic N) is 3. The Kier molecular flexibility index (Phi) is 3.13. The average Bonchev–Trinajstić information content (AvgIpc) is 3.05. The Morgan fingerprint density at radius 2 is 2.15 bits per heavy atom. The van der Waals surface area contributed by atoms with E-state index in [9.17, 15) is 5.26 Å². The second-order valence-electron chi connectivity index (χ2n) is 5.90. The van der Waals surface area contributed by atoms with Gasteiger partial charge in [0.05, 0.1) is 11.1 Å². The van der Waals surface area contributed by atoms with Crippen LogP contribution in [0.4, 0.5) is 5.95 Å². The normalized spacial score (nSPS) is 17.4. The molecule has 1 aliphatic carbocycles. The van der Waals surface area contributed by atoms with Crippen molar-refractivity contribution in [3.63, 3.8) is 0 Å². The maximum absolute atomic E-state index is 9.18. The zero-order chi connectivity index (χ0) is 14.2. The van der Waals surface area contributed by atoms with E-state index in [4.69, 9.17) is 5.73 Å². The highest BCUT2D eigenvalue weighted by atomic mass is 15.2. The standard InChI is InChI=1S/C16H20N4/c1-2-16(8-3-4-9-16)11-20-13-7-5-6-12(10-17)14(13)19-15(20)18/h5-7H,2-4,8-9,11H2,1H3,(H2,18,19). The van der Waals surface area contributed by atoms with Gasteiger partial charge in [0.25, 0.3) is 0 Å². The van der Waals surface area contributed by atoms with Gasteiger partial charge < -0.3 is 10.3 Å². The quantitative estimate of drug-likeness (QED) is 0.926. The molecule has 20 heavy (non-hydrogen) atoms. The molecule has 0 spiro atoms. The number of nitrogens with two attached hydrogens (primary N) is 1. The molecular weight excluding hydrogens is 248 g/mol. The Morgan fingerprint density at radius 1 is 1.40 bits per heavy atom. The Hall–Kier alpha value is -2.02. The SMILES string of the molecule is CCC1(Cn2c(N)nc3c(C#N)cccc32)CCCC1. The van der Waals surface area contributed by atoms with E-state index in [0.29, 0.717) is 16.9 Å². The minimum Gasteiger partial charge on any atom is -0.369 e. The lowest BCUT2D eigenvalue weighted by molar-refractivity contribution is 0.242. The van der Waals surface area contributed by atoms with E-state index in [1.807, 2.05) is 12.1 Å². The van der Waals surface area contributed by atoms with Gasteiger partial charge in [0, 0.05) is 6.54 Å². The molecular formula is C16H20N4. The predicted octanol–water partition coefficient (Wildman–Crippen LogP) is 3.46. The number of imidazole rings is 1. The van der Waals surface area contributed by atoms with Crippen LogP contribution >= 0.6 is 0 Å². The van der Waals surface area contributed by atoms with Gasteiger partial charge >= 0.3 is 0 Å². The second kappa shape index (κ2) is 4.82. The molecule has 1 aromatic carbocycles. The number of para-hydroxylation sites is 1. The summed E-state index contributed by atoms with van der Waals surface area (Å²) in [6, 6.07) is 7.91. The molecule has 2 N–H and O–H groups in total. The van der Waals surface area contributed by atoms with Crippen LogP contribution in [-0.4, -0.2) is 9.55 Å². The topological polar surface area (TPSA) is 67.6 Å². The first kappa shape index (κ1) is 13.0. The second-order valence-corrected chi connectivity index (χ2v) is 5.90. The number of rotatable bonds is 3. The summed E-state index contributed by atoms with van der Waals surface area (Å²) in [6.07, 6.45) is 6.32. The van der Waals surface area contributed by atoms with Crippen LogP contribution in [0.3, 0.4) is 0 Å². The van der Waals surface area contributed by atoms with Gasteiger partial charge in [0.1, 0.15) is 11.6 Å². The number of anilines is 1. The summed E-state index contributed by atoms with van der Waals surface area (Å²) in [7, 11) is 0. The maximum atomic E-state index is 9.18. The minimum absolute atomic E-state index is 0.352. The number of benzene rings is 1. The highest BCUT2D eigenvalue weighted by molar-refractivity contribution is 5.83. The van der Waals surface area contributed by atoms with E-state index >= 15 is 0 Å². The van der Waals surface area contributed by atoms with Gasteiger partial charge in [-0.1, -0.05) is 25.8 Å². The van der Waals surface area contributed by atoms with Gasteiger partial charge in [-0.3, -0.25) is 0 Å². The highest BCUT2D eigenvalue weighted by Gasteiger charge is 2.33. The summed E-state index contributed by atoms with van der Waals surface area (Å²) in [5.74, 6) is 0.530. The monoisotopic (exact) mass is 268 g/mol. The van der Waals surface area contributed by atoms with E-state index in [1.54, 1.807) is 6.07 Å². The van der Waals surface area contributed by atoms with Gasteiger partial charge in [-0.15, -0.1) is 0 Å². The van der Waals surface area contributed by atoms with Gasteiger partial charge in [-0.25, -0.2) is 4.98 Å². The van der Waals surface area contributed by atoms with Crippen LogP contribution in [0.5, 0.6) is 0 Å². The highest BCUT2D eigenvalue weighted by Crippen LogP contribution is 2.43. The minimum atomic E-state index is 0.352. The van der Waals surface area contributed by atoms with Crippen molar-refractivity contribution in [2.24, 2.45) is 5.41 Å². The lowest BCUT2D eigenvalue weighted by Crippen LogP contribution is -2.23. The zero-order valence-corrected chi connectivity index (χ0v) is 11.9. The number of hydrogen-bond donors (Lipinski definition) is 1. The molecule has 0 amide bonds. The van der Waals surface area contributed by atoms with Gasteiger partial charge in [0.2, 0.25) is 5.95 Å². The van der Waals surface area contributed by atoms with E-state index in [1.165, 1.54) is 32.1 Å². The lowest BCUT2D eigenvalue weighted by Gasteiger charge is -2.28. The van der Waals surface area contributed by atoms with Gasteiger partial charge in [-0.2, -0.15) is 5.26 Å². The molecule has 4 nitrogen and oxygen atoms in total. The van der Waals surface area contributed by atoms with E-state index in [0.717, 1.165) is 17.6 Å². The molecule has 4 heteroatoms. The fraction of sp³-hybridized carbons (Fsp3) is 0.500. The maximum Gasteiger partial charge on any atom is 0.201 e. The van der Waals surface area contributed by atoms with E-state index in [-0.39, 0.29) is 0 Å². The van der Waals surface area contributed by atoms with Crippen LogP contribution in [0.2, 0.25) is 0 Å². The fourth-order valence-electron chi connectivity index (χ4n) is 3.51. The molecule has 0 atom stereocenters. The third-order valence-electron chi connectivity index (χ3n) is 4.84. The molecule has 1 fully saturated rings. The Morgan fingerprint density at radius 3 is 2.80 bits per heavy atom. The summed E-state index contributed by atoms with van der Waals surface area (Å²) >= 11 is 0. The largest absolute Gasteiger partial charge is 0.369 e. The smallest absolute Gasteiger partial charge is 0.201 e. The molecule has 0 saturated heterocycles. The zero-order valence-electron chi connectivity index (χ0n) is 11.9. The Labute approximate surface area is 119 Å². The molecule has 1 heterocycles. The summed E-state index contributed by atoms with van der Waals surface area (Å²) in [5, 5.41) is 9.18. The average molecular weight is 268 g/mol. The van der Waals surface area contributed by atoms with Crippen molar-refractivity contribution in [1.29, 1.82) is 5.26 Å². The molecule has 1 aromatic heterocycles. The van der Waals surface area contributed by atoms with Gasteiger partial charge in [-0.05, 0) is 36.8 Å². The summed E-state index contributed by atoms with van der Waals surface area (Å²) in [5.41, 5.74) is 8.78. The number of aromatic nitrogens is 2. The first-order valence-electron chi connectivity index (χ1n) is 7.34. The van der Waals surface area contributed by atoms with Crippen molar-refractivity contribution in [1.82, 2.24) is 9.55 Å². The Bertz CT molecular complexity index is 672. The van der Waals surface area contributed by atoms with Crippen LogP contribution in [0.15, 0.2) is 18.2 Å². The fourth-order valence-corrected chi connectivity index (χ4v) is 3.51. The molecule has 0 bridgehead atoms. The summed E-state index contributed by atoms with van der Waals surface area (Å²) in [6.45, 7) is 3.18. The van der Waals surface area contributed by atoms with Crippen molar-refractivity contribution >= 4 is 17.0 Å². The predicted molar refractivity (Wildman–Crippen MR) is 80.1 cm³/mol. The first-order chi connectivity index (χ1) is 9.69. The molecule has 1 aliphatic rings. The van der Waals surface area contributed by atoms with Crippen LogP contribution in [0, 0.1) is 16.7 Å². The molecule has 0 radical (unpaired) electrons. The molecule has 0 aliphatic heterocycles. The molecule has 0 unspecified atom stereocenters. The van der Waals surface area contributed by atoms with Crippen LogP contribution in [0.1, 0.15) is 44.6 Å². The summed E-state index contributed by atoms with van der Waals surface area (Å²) in [4.78, 5) is 4.41. The third kappa shape index (κ3) is 1.94. The molecule has 1 saturated carbocycles. The number of nitrogen functional groups attached to an aromatic ring is 1. The first-order valence-corrected chi connectivity index (χ1v) is 7.34. The third-order valence-corrected chi connectivity index (χ3v) is 4.84. The van der Waals surface area contributed by atoms with Crippen molar-refractivity contribution in [3.05, 3.63) is 23.8 Å². The Balaban J connectivity index is 2.08. The molecule has 104 valence electrons.